The Bertz CT molecular complexity index is 826. The number of hydrogen-bond acceptors (Lipinski definition) is 6. The minimum atomic E-state index is -0.703. The van der Waals surface area contributed by atoms with Crippen LogP contribution >= 0.6 is 0 Å². The summed E-state index contributed by atoms with van der Waals surface area (Å²) in [5, 5.41) is 9.02. The predicted molar refractivity (Wildman–Crippen MR) is 85.7 cm³/mol. The topological polar surface area (TPSA) is 89.5 Å². The highest BCUT2D eigenvalue weighted by molar-refractivity contribution is 5.97. The SMILES string of the molecule is CCOC(=O)/C(C#N)=C\c1ccc(-c2cccc(C(=O)OC)c2)o1. The number of nitriles is 1. The van der Waals surface area contributed by atoms with Gasteiger partial charge in [0.15, 0.2) is 0 Å². The van der Waals surface area contributed by atoms with Crippen LogP contribution in [0.2, 0.25) is 0 Å². The molecule has 0 bridgehead atoms. The van der Waals surface area contributed by atoms with Crippen LogP contribution in [0, 0.1) is 11.3 Å². The van der Waals surface area contributed by atoms with E-state index < -0.39 is 11.9 Å². The molecule has 0 saturated carbocycles. The molecule has 0 aliphatic rings. The van der Waals surface area contributed by atoms with Crippen molar-refractivity contribution in [3.8, 4) is 17.4 Å². The van der Waals surface area contributed by atoms with Gasteiger partial charge in [-0.3, -0.25) is 0 Å². The molecule has 1 aromatic heterocycles. The first kappa shape index (κ1) is 17.0. The van der Waals surface area contributed by atoms with Crippen LogP contribution in [0.25, 0.3) is 17.4 Å². The van der Waals surface area contributed by atoms with Gasteiger partial charge in [-0.15, -0.1) is 0 Å². The lowest BCUT2D eigenvalue weighted by Gasteiger charge is -2.01. The summed E-state index contributed by atoms with van der Waals surface area (Å²) in [4.78, 5) is 23.2. The summed E-state index contributed by atoms with van der Waals surface area (Å²) >= 11 is 0. The fraction of sp³-hybridized carbons (Fsp3) is 0.167. The van der Waals surface area contributed by atoms with Gasteiger partial charge >= 0.3 is 11.9 Å². The second-order valence-corrected chi connectivity index (χ2v) is 4.66. The fourth-order valence-electron chi connectivity index (χ4n) is 1.99. The van der Waals surface area contributed by atoms with Crippen molar-refractivity contribution in [2.24, 2.45) is 0 Å². The summed E-state index contributed by atoms with van der Waals surface area (Å²) in [6, 6.07) is 11.8. The first-order chi connectivity index (χ1) is 11.6. The molecule has 1 aromatic carbocycles. The van der Waals surface area contributed by atoms with Crippen LogP contribution in [0.3, 0.4) is 0 Å². The lowest BCUT2D eigenvalue weighted by atomic mass is 10.1. The minimum absolute atomic E-state index is 0.152. The zero-order chi connectivity index (χ0) is 17.5. The van der Waals surface area contributed by atoms with E-state index in [1.165, 1.54) is 13.2 Å². The van der Waals surface area contributed by atoms with Gasteiger partial charge in [0.2, 0.25) is 0 Å². The Morgan fingerprint density at radius 1 is 1.29 bits per heavy atom. The molecule has 0 aliphatic heterocycles. The number of methoxy groups -OCH3 is 1. The van der Waals surface area contributed by atoms with Crippen LogP contribution < -0.4 is 0 Å². The third kappa shape index (κ3) is 3.90. The molecule has 6 nitrogen and oxygen atoms in total. The van der Waals surface area contributed by atoms with Gasteiger partial charge < -0.3 is 13.9 Å². The summed E-state index contributed by atoms with van der Waals surface area (Å²) in [5.41, 5.74) is 0.918. The van der Waals surface area contributed by atoms with Crippen LogP contribution in [-0.2, 0) is 14.3 Å². The Kier molecular flexibility index (Phi) is 5.53. The lowest BCUT2D eigenvalue weighted by Crippen LogP contribution is -2.05. The van der Waals surface area contributed by atoms with Gasteiger partial charge in [-0.2, -0.15) is 5.26 Å². The molecule has 0 aliphatic carbocycles. The van der Waals surface area contributed by atoms with Gasteiger partial charge in [0.25, 0.3) is 0 Å². The summed E-state index contributed by atoms with van der Waals surface area (Å²) in [7, 11) is 1.31. The van der Waals surface area contributed by atoms with E-state index in [1.54, 1.807) is 49.4 Å². The van der Waals surface area contributed by atoms with E-state index in [2.05, 4.69) is 4.74 Å². The van der Waals surface area contributed by atoms with E-state index in [0.717, 1.165) is 0 Å². The van der Waals surface area contributed by atoms with E-state index in [9.17, 15) is 9.59 Å². The number of furan rings is 1. The molecule has 0 N–H and O–H groups in total. The number of esters is 2. The Hall–Kier alpha value is -3.33. The molecule has 24 heavy (non-hydrogen) atoms. The number of hydrogen-bond donors (Lipinski definition) is 0. The summed E-state index contributed by atoms with van der Waals surface area (Å²) < 4.78 is 15.1. The maximum absolute atomic E-state index is 11.6. The third-order valence-electron chi connectivity index (χ3n) is 3.10. The minimum Gasteiger partial charge on any atom is -0.465 e. The molecule has 6 heteroatoms. The molecule has 2 rings (SSSR count). The number of nitrogens with zero attached hydrogens (tertiary/aromatic N) is 1. The number of carbonyl (C=O) groups is 2. The van der Waals surface area contributed by atoms with Crippen molar-refractivity contribution >= 4 is 18.0 Å². The molecular weight excluding hydrogens is 310 g/mol. The zero-order valence-electron chi connectivity index (χ0n) is 13.2. The normalized spacial score (nSPS) is 10.8. The second-order valence-electron chi connectivity index (χ2n) is 4.66. The average molecular weight is 325 g/mol. The van der Waals surface area contributed by atoms with Crippen molar-refractivity contribution < 1.29 is 23.5 Å². The van der Waals surface area contributed by atoms with Crippen LogP contribution in [0.15, 0.2) is 46.4 Å². The van der Waals surface area contributed by atoms with Crippen molar-refractivity contribution in [1.82, 2.24) is 0 Å². The lowest BCUT2D eigenvalue weighted by molar-refractivity contribution is -0.137. The second kappa shape index (κ2) is 7.79. The van der Waals surface area contributed by atoms with Crippen LogP contribution in [0.5, 0.6) is 0 Å². The van der Waals surface area contributed by atoms with Crippen LogP contribution in [0.4, 0.5) is 0 Å². The quantitative estimate of drug-likeness (QED) is 0.476. The Labute approximate surface area is 138 Å². The van der Waals surface area contributed by atoms with Gasteiger partial charge in [-0.1, -0.05) is 12.1 Å². The van der Waals surface area contributed by atoms with Crippen molar-refractivity contribution in [3.63, 3.8) is 0 Å². The molecular formula is C18H15NO5. The van der Waals surface area contributed by atoms with E-state index in [-0.39, 0.29) is 12.2 Å². The van der Waals surface area contributed by atoms with Crippen molar-refractivity contribution in [2.75, 3.05) is 13.7 Å². The molecule has 2 aromatic rings. The standard InChI is InChI=1S/C18H15NO5/c1-3-23-18(21)14(11-19)10-15-7-8-16(24-15)12-5-4-6-13(9-12)17(20)22-2/h4-10H,3H2,1-2H3/b14-10-. The summed E-state index contributed by atoms with van der Waals surface area (Å²) in [6.45, 7) is 1.84. The molecule has 122 valence electrons. The smallest absolute Gasteiger partial charge is 0.349 e. The number of carbonyl (C=O) groups excluding carboxylic acids is 2. The van der Waals surface area contributed by atoms with Gasteiger partial charge in [-0.05, 0) is 31.2 Å². The van der Waals surface area contributed by atoms with E-state index in [0.29, 0.717) is 22.6 Å². The number of benzene rings is 1. The van der Waals surface area contributed by atoms with Gasteiger partial charge in [0.05, 0.1) is 19.3 Å². The van der Waals surface area contributed by atoms with Crippen molar-refractivity contribution in [3.05, 3.63) is 53.3 Å². The molecule has 0 fully saturated rings. The van der Waals surface area contributed by atoms with Gasteiger partial charge in [-0.25, -0.2) is 9.59 Å². The van der Waals surface area contributed by atoms with Crippen molar-refractivity contribution in [2.45, 2.75) is 6.92 Å². The molecule has 0 radical (unpaired) electrons. The monoisotopic (exact) mass is 325 g/mol. The number of rotatable bonds is 5. The largest absolute Gasteiger partial charge is 0.465 e. The van der Waals surface area contributed by atoms with Crippen LogP contribution in [0.1, 0.15) is 23.0 Å². The van der Waals surface area contributed by atoms with E-state index in [4.69, 9.17) is 14.4 Å². The van der Waals surface area contributed by atoms with Crippen LogP contribution in [-0.4, -0.2) is 25.7 Å². The van der Waals surface area contributed by atoms with Gasteiger partial charge in [0, 0.05) is 11.6 Å². The first-order valence-corrected chi connectivity index (χ1v) is 7.16. The highest BCUT2D eigenvalue weighted by Crippen LogP contribution is 2.24. The van der Waals surface area contributed by atoms with E-state index in [1.807, 2.05) is 0 Å². The highest BCUT2D eigenvalue weighted by Gasteiger charge is 2.12. The Morgan fingerprint density at radius 3 is 2.75 bits per heavy atom. The fourth-order valence-corrected chi connectivity index (χ4v) is 1.99. The van der Waals surface area contributed by atoms with Gasteiger partial charge in [0.1, 0.15) is 23.2 Å². The zero-order valence-corrected chi connectivity index (χ0v) is 13.2. The Balaban J connectivity index is 2.29. The molecule has 0 unspecified atom stereocenters. The predicted octanol–water partition coefficient (Wildman–Crippen LogP) is 3.20. The van der Waals surface area contributed by atoms with E-state index >= 15 is 0 Å². The summed E-state index contributed by atoms with van der Waals surface area (Å²) in [5.74, 6) is -0.325. The Morgan fingerprint density at radius 2 is 2.08 bits per heavy atom. The summed E-state index contributed by atoms with van der Waals surface area (Å²) in [6.07, 6.45) is 1.31. The average Bonchev–Trinajstić information content (AvgIpc) is 3.08. The maximum Gasteiger partial charge on any atom is 0.349 e. The molecule has 0 amide bonds. The molecule has 0 saturated heterocycles. The maximum atomic E-state index is 11.6. The number of ether oxygens (including phenoxy) is 2. The molecule has 1 heterocycles. The third-order valence-corrected chi connectivity index (χ3v) is 3.10. The highest BCUT2D eigenvalue weighted by atomic mass is 16.5. The first-order valence-electron chi connectivity index (χ1n) is 7.16. The molecule has 0 spiro atoms. The molecule has 0 atom stereocenters. The van der Waals surface area contributed by atoms with Crippen molar-refractivity contribution in [1.29, 1.82) is 5.26 Å².